The molecular weight excluding hydrogens is 440 g/mol. The van der Waals surface area contributed by atoms with Crippen LogP contribution in [0.4, 0.5) is 0 Å². The summed E-state index contributed by atoms with van der Waals surface area (Å²) in [5, 5.41) is 2.63. The Labute approximate surface area is 179 Å². The number of likely N-dealkylation sites (N-methyl/N-ethyl adjacent to an activating group) is 1. The van der Waals surface area contributed by atoms with Crippen LogP contribution in [0.15, 0.2) is 53.0 Å². The molecule has 0 fully saturated rings. The summed E-state index contributed by atoms with van der Waals surface area (Å²) >= 11 is 4.98. The predicted molar refractivity (Wildman–Crippen MR) is 117 cm³/mol. The molecule has 2 aromatic rings. The second-order valence-electron chi connectivity index (χ2n) is 6.28. The molecule has 0 radical (unpaired) electrons. The van der Waals surface area contributed by atoms with Crippen LogP contribution in [0.3, 0.4) is 0 Å². The fourth-order valence-corrected chi connectivity index (χ4v) is 4.00. The second kappa shape index (κ2) is 11.1. The van der Waals surface area contributed by atoms with Crippen molar-refractivity contribution in [2.75, 3.05) is 19.9 Å². The molecule has 2 rings (SSSR count). The molecule has 28 heavy (non-hydrogen) atoms. The first kappa shape index (κ1) is 22.3. The van der Waals surface area contributed by atoms with Gasteiger partial charge in [-0.3, -0.25) is 9.59 Å². The molecular formula is C21H25BrN2O3S. The van der Waals surface area contributed by atoms with Gasteiger partial charge in [-0.05, 0) is 42.3 Å². The van der Waals surface area contributed by atoms with E-state index in [4.69, 9.17) is 4.74 Å². The number of nitrogens with zero attached hydrogens (tertiary/aromatic N) is 1. The highest BCUT2D eigenvalue weighted by Gasteiger charge is 2.25. The van der Waals surface area contributed by atoms with Crippen molar-refractivity contribution in [3.05, 3.63) is 64.1 Å². The Morgan fingerprint density at radius 1 is 1.18 bits per heavy atom. The molecule has 0 heterocycles. The van der Waals surface area contributed by atoms with Crippen molar-refractivity contribution in [3.63, 3.8) is 0 Å². The van der Waals surface area contributed by atoms with E-state index in [-0.39, 0.29) is 11.8 Å². The molecule has 0 saturated heterocycles. The Hall–Kier alpha value is -1.99. The average Bonchev–Trinajstić information content (AvgIpc) is 2.71. The van der Waals surface area contributed by atoms with Crippen LogP contribution in [-0.2, 0) is 21.9 Å². The maximum Gasteiger partial charge on any atom is 0.242 e. The van der Waals surface area contributed by atoms with Gasteiger partial charge in [-0.2, -0.15) is 0 Å². The summed E-state index contributed by atoms with van der Waals surface area (Å²) in [6.07, 6.45) is 0. The second-order valence-corrected chi connectivity index (χ2v) is 8.18. The van der Waals surface area contributed by atoms with Gasteiger partial charge in [-0.25, -0.2) is 0 Å². The average molecular weight is 465 g/mol. The number of ether oxygens (including phenoxy) is 1. The van der Waals surface area contributed by atoms with Crippen LogP contribution in [0.5, 0.6) is 5.75 Å². The van der Waals surface area contributed by atoms with Crippen LogP contribution >= 0.6 is 27.7 Å². The van der Waals surface area contributed by atoms with Crippen molar-refractivity contribution in [3.8, 4) is 5.75 Å². The Morgan fingerprint density at radius 2 is 1.89 bits per heavy atom. The zero-order chi connectivity index (χ0) is 20.5. The topological polar surface area (TPSA) is 58.6 Å². The standard InChI is InChI=1S/C21H25BrN2O3S/c1-15(21(26)23-2)24(12-17-5-4-6-18(22)11-17)20(25)14-28-13-16-7-9-19(27-3)10-8-16/h4-11,15H,12-14H2,1-3H3,(H,23,26)/t15-/m1/s1. The highest BCUT2D eigenvalue weighted by atomic mass is 79.9. The molecule has 0 aliphatic rings. The van der Waals surface area contributed by atoms with E-state index in [2.05, 4.69) is 21.2 Å². The molecule has 1 atom stereocenters. The monoisotopic (exact) mass is 464 g/mol. The van der Waals surface area contributed by atoms with Crippen LogP contribution in [0.25, 0.3) is 0 Å². The van der Waals surface area contributed by atoms with Crippen molar-refractivity contribution >= 4 is 39.5 Å². The maximum absolute atomic E-state index is 12.9. The third-order valence-corrected chi connectivity index (χ3v) is 5.79. The Bertz CT molecular complexity index is 798. The number of methoxy groups -OCH3 is 1. The van der Waals surface area contributed by atoms with E-state index in [0.717, 1.165) is 27.1 Å². The number of rotatable bonds is 9. The molecule has 0 bridgehead atoms. The SMILES string of the molecule is CNC(=O)[C@@H](C)N(Cc1cccc(Br)c1)C(=O)CSCc1ccc(OC)cc1. The number of benzene rings is 2. The smallest absolute Gasteiger partial charge is 0.242 e. The number of carbonyl (C=O) groups is 2. The number of thioether (sulfide) groups is 1. The molecule has 0 aromatic heterocycles. The minimum Gasteiger partial charge on any atom is -0.497 e. The first-order chi connectivity index (χ1) is 13.4. The summed E-state index contributed by atoms with van der Waals surface area (Å²) in [4.78, 5) is 26.6. The lowest BCUT2D eigenvalue weighted by molar-refractivity contribution is -0.138. The van der Waals surface area contributed by atoms with E-state index in [1.54, 1.807) is 26.0 Å². The van der Waals surface area contributed by atoms with Crippen LogP contribution in [0, 0.1) is 0 Å². The molecule has 2 amide bonds. The number of hydrogen-bond acceptors (Lipinski definition) is 4. The van der Waals surface area contributed by atoms with Gasteiger partial charge in [-0.15, -0.1) is 11.8 Å². The number of amides is 2. The van der Waals surface area contributed by atoms with E-state index < -0.39 is 6.04 Å². The van der Waals surface area contributed by atoms with Gasteiger partial charge in [-0.1, -0.05) is 40.2 Å². The molecule has 0 saturated carbocycles. The third kappa shape index (κ3) is 6.56. The lowest BCUT2D eigenvalue weighted by Crippen LogP contribution is -2.47. The Balaban J connectivity index is 2.01. The number of halogens is 1. The van der Waals surface area contributed by atoms with Crippen molar-refractivity contribution < 1.29 is 14.3 Å². The molecule has 5 nitrogen and oxygen atoms in total. The minimum atomic E-state index is -0.543. The van der Waals surface area contributed by atoms with Crippen LogP contribution < -0.4 is 10.1 Å². The van der Waals surface area contributed by atoms with E-state index >= 15 is 0 Å². The van der Waals surface area contributed by atoms with Gasteiger partial charge in [0.15, 0.2) is 0 Å². The van der Waals surface area contributed by atoms with Crippen molar-refractivity contribution in [2.45, 2.75) is 25.3 Å². The molecule has 0 unspecified atom stereocenters. The van der Waals surface area contributed by atoms with Gasteiger partial charge < -0.3 is 15.0 Å². The van der Waals surface area contributed by atoms with Crippen LogP contribution in [0.1, 0.15) is 18.1 Å². The molecule has 150 valence electrons. The molecule has 0 aliphatic carbocycles. The van der Waals surface area contributed by atoms with Gasteiger partial charge in [0.05, 0.1) is 12.9 Å². The normalized spacial score (nSPS) is 11.6. The van der Waals surface area contributed by atoms with Crippen LogP contribution in [-0.4, -0.2) is 42.7 Å². The summed E-state index contributed by atoms with van der Waals surface area (Å²) in [6, 6.07) is 15.0. The lowest BCUT2D eigenvalue weighted by Gasteiger charge is -2.28. The van der Waals surface area contributed by atoms with Gasteiger partial charge in [0.2, 0.25) is 11.8 Å². The number of hydrogen-bond donors (Lipinski definition) is 1. The zero-order valence-corrected chi connectivity index (χ0v) is 18.7. The predicted octanol–water partition coefficient (Wildman–Crippen LogP) is 3.85. The molecule has 0 aliphatic heterocycles. The molecule has 1 N–H and O–H groups in total. The van der Waals surface area contributed by atoms with Gasteiger partial charge in [0, 0.05) is 23.8 Å². The Morgan fingerprint density at radius 3 is 2.50 bits per heavy atom. The fraction of sp³-hybridized carbons (Fsp3) is 0.333. The summed E-state index contributed by atoms with van der Waals surface area (Å²) in [5.74, 6) is 1.60. The van der Waals surface area contributed by atoms with E-state index in [1.807, 2.05) is 48.5 Å². The van der Waals surface area contributed by atoms with Crippen molar-refractivity contribution in [1.29, 1.82) is 0 Å². The highest BCUT2D eigenvalue weighted by molar-refractivity contribution is 9.10. The summed E-state index contributed by atoms with van der Waals surface area (Å²) in [5.41, 5.74) is 2.09. The lowest BCUT2D eigenvalue weighted by atomic mass is 10.1. The van der Waals surface area contributed by atoms with E-state index in [0.29, 0.717) is 12.3 Å². The Kier molecular flexibility index (Phi) is 8.86. The largest absolute Gasteiger partial charge is 0.497 e. The fourth-order valence-electron chi connectivity index (χ4n) is 2.68. The maximum atomic E-state index is 12.9. The molecule has 0 spiro atoms. The molecule has 7 heteroatoms. The molecule has 2 aromatic carbocycles. The highest BCUT2D eigenvalue weighted by Crippen LogP contribution is 2.19. The van der Waals surface area contributed by atoms with Gasteiger partial charge >= 0.3 is 0 Å². The quantitative estimate of drug-likeness (QED) is 0.611. The van der Waals surface area contributed by atoms with Crippen molar-refractivity contribution in [2.24, 2.45) is 0 Å². The summed E-state index contributed by atoms with van der Waals surface area (Å²) < 4.78 is 6.10. The first-order valence-electron chi connectivity index (χ1n) is 8.90. The van der Waals surface area contributed by atoms with E-state index in [1.165, 1.54) is 11.8 Å². The minimum absolute atomic E-state index is 0.0606. The van der Waals surface area contributed by atoms with Gasteiger partial charge in [0.1, 0.15) is 11.8 Å². The van der Waals surface area contributed by atoms with E-state index in [9.17, 15) is 9.59 Å². The number of carbonyl (C=O) groups excluding carboxylic acids is 2. The zero-order valence-electron chi connectivity index (χ0n) is 16.3. The van der Waals surface area contributed by atoms with Gasteiger partial charge in [0.25, 0.3) is 0 Å². The third-order valence-electron chi connectivity index (χ3n) is 4.31. The number of nitrogens with one attached hydrogen (secondary N) is 1. The summed E-state index contributed by atoms with van der Waals surface area (Å²) in [7, 11) is 3.22. The van der Waals surface area contributed by atoms with Crippen LogP contribution in [0.2, 0.25) is 0 Å². The van der Waals surface area contributed by atoms with Crippen molar-refractivity contribution in [1.82, 2.24) is 10.2 Å². The summed E-state index contributed by atoms with van der Waals surface area (Å²) in [6.45, 7) is 2.14. The first-order valence-corrected chi connectivity index (χ1v) is 10.9.